The van der Waals surface area contributed by atoms with Gasteiger partial charge in [-0.15, -0.1) is 0 Å². The lowest BCUT2D eigenvalue weighted by molar-refractivity contribution is -0.126. The molecule has 1 aliphatic rings. The zero-order valence-electron chi connectivity index (χ0n) is 14.4. The van der Waals surface area contributed by atoms with E-state index in [4.69, 9.17) is 10.5 Å². The summed E-state index contributed by atoms with van der Waals surface area (Å²) in [4.78, 5) is 13.0. The Morgan fingerprint density at radius 3 is 2.58 bits per heavy atom. The average Bonchev–Trinajstić information content (AvgIpc) is 2.97. The SMILES string of the molecule is CC(C)(C)c1cc(N)n(-c2ccc(C3COCCN3C=O)cc2)n1. The summed E-state index contributed by atoms with van der Waals surface area (Å²) >= 11 is 0. The van der Waals surface area contributed by atoms with Crippen LogP contribution in [0, 0.1) is 0 Å². The second kappa shape index (κ2) is 6.28. The van der Waals surface area contributed by atoms with Crippen LogP contribution in [0.5, 0.6) is 0 Å². The van der Waals surface area contributed by atoms with Gasteiger partial charge in [0.1, 0.15) is 5.82 Å². The molecule has 6 nitrogen and oxygen atoms in total. The molecule has 0 aliphatic carbocycles. The van der Waals surface area contributed by atoms with Gasteiger partial charge in [-0.3, -0.25) is 4.79 Å². The van der Waals surface area contributed by atoms with Gasteiger partial charge in [0.15, 0.2) is 0 Å². The number of morpholine rings is 1. The molecule has 0 radical (unpaired) electrons. The molecule has 1 aliphatic heterocycles. The highest BCUT2D eigenvalue weighted by atomic mass is 16.5. The van der Waals surface area contributed by atoms with Crippen molar-refractivity contribution >= 4 is 12.2 Å². The lowest BCUT2D eigenvalue weighted by Crippen LogP contribution is -2.38. The highest BCUT2D eigenvalue weighted by Gasteiger charge is 2.23. The summed E-state index contributed by atoms with van der Waals surface area (Å²) in [5.41, 5.74) is 8.98. The third kappa shape index (κ3) is 3.14. The van der Waals surface area contributed by atoms with Gasteiger partial charge >= 0.3 is 0 Å². The van der Waals surface area contributed by atoms with Crippen LogP contribution in [-0.2, 0) is 14.9 Å². The van der Waals surface area contributed by atoms with E-state index in [1.54, 1.807) is 9.58 Å². The quantitative estimate of drug-likeness (QED) is 0.877. The fraction of sp³-hybridized carbons (Fsp3) is 0.444. The van der Waals surface area contributed by atoms with E-state index in [0.717, 1.165) is 23.4 Å². The lowest BCUT2D eigenvalue weighted by Gasteiger charge is -2.32. The van der Waals surface area contributed by atoms with Gasteiger partial charge in [0, 0.05) is 18.0 Å². The van der Waals surface area contributed by atoms with Crippen LogP contribution in [0.1, 0.15) is 38.1 Å². The molecule has 1 aromatic heterocycles. The Hall–Kier alpha value is -2.34. The molecule has 128 valence electrons. The smallest absolute Gasteiger partial charge is 0.210 e. The van der Waals surface area contributed by atoms with Gasteiger partial charge in [0.2, 0.25) is 6.41 Å². The van der Waals surface area contributed by atoms with E-state index in [1.807, 2.05) is 30.3 Å². The molecule has 1 fully saturated rings. The number of amides is 1. The Morgan fingerprint density at radius 1 is 1.29 bits per heavy atom. The van der Waals surface area contributed by atoms with Gasteiger partial charge in [0.25, 0.3) is 0 Å². The van der Waals surface area contributed by atoms with E-state index < -0.39 is 0 Å². The van der Waals surface area contributed by atoms with Gasteiger partial charge in [-0.25, -0.2) is 4.68 Å². The first kappa shape index (κ1) is 16.5. The Kier molecular flexibility index (Phi) is 4.32. The van der Waals surface area contributed by atoms with Crippen molar-refractivity contribution in [2.75, 3.05) is 25.5 Å². The van der Waals surface area contributed by atoms with E-state index in [2.05, 4.69) is 25.9 Å². The Morgan fingerprint density at radius 2 is 2.00 bits per heavy atom. The number of benzene rings is 1. The van der Waals surface area contributed by atoms with Crippen LogP contribution >= 0.6 is 0 Å². The van der Waals surface area contributed by atoms with Crippen molar-refractivity contribution in [3.05, 3.63) is 41.6 Å². The highest BCUT2D eigenvalue weighted by molar-refractivity contribution is 5.50. The summed E-state index contributed by atoms with van der Waals surface area (Å²) < 4.78 is 7.25. The number of ether oxygens (including phenoxy) is 1. The summed E-state index contributed by atoms with van der Waals surface area (Å²) in [6.45, 7) is 8.07. The van der Waals surface area contributed by atoms with Crippen LogP contribution in [0.15, 0.2) is 30.3 Å². The number of anilines is 1. The zero-order valence-corrected chi connectivity index (χ0v) is 14.4. The molecule has 2 aromatic rings. The molecule has 1 atom stereocenters. The minimum Gasteiger partial charge on any atom is -0.384 e. The molecule has 1 unspecified atom stereocenters. The maximum absolute atomic E-state index is 11.2. The van der Waals surface area contributed by atoms with Crippen LogP contribution in [0.2, 0.25) is 0 Å². The Labute approximate surface area is 142 Å². The summed E-state index contributed by atoms with van der Waals surface area (Å²) in [5.74, 6) is 0.614. The second-order valence-electron chi connectivity index (χ2n) is 7.14. The van der Waals surface area contributed by atoms with Crippen LogP contribution in [0.3, 0.4) is 0 Å². The molecular weight excluding hydrogens is 304 g/mol. The number of hydrogen-bond acceptors (Lipinski definition) is 4. The third-order valence-corrected chi connectivity index (χ3v) is 4.33. The summed E-state index contributed by atoms with van der Waals surface area (Å²) in [7, 11) is 0. The number of carbonyl (C=O) groups is 1. The van der Waals surface area contributed by atoms with Crippen molar-refractivity contribution in [2.45, 2.75) is 32.2 Å². The third-order valence-electron chi connectivity index (χ3n) is 4.33. The normalized spacial score (nSPS) is 18.6. The number of aromatic nitrogens is 2. The van der Waals surface area contributed by atoms with Gasteiger partial charge in [-0.05, 0) is 17.7 Å². The lowest BCUT2D eigenvalue weighted by atomic mass is 9.92. The van der Waals surface area contributed by atoms with E-state index in [1.165, 1.54) is 0 Å². The standard InChI is InChI=1S/C18H24N4O2/c1-18(2,3)16-10-17(19)22(20-16)14-6-4-13(5-7-14)15-11-24-9-8-21(15)12-23/h4-7,10,12,15H,8-9,11,19H2,1-3H3. The second-order valence-corrected chi connectivity index (χ2v) is 7.14. The number of nitrogens with zero attached hydrogens (tertiary/aromatic N) is 3. The van der Waals surface area contributed by atoms with Crippen molar-refractivity contribution in [1.82, 2.24) is 14.7 Å². The molecule has 0 bridgehead atoms. The molecule has 1 saturated heterocycles. The maximum atomic E-state index is 11.2. The molecular formula is C18H24N4O2. The van der Waals surface area contributed by atoms with Crippen molar-refractivity contribution in [1.29, 1.82) is 0 Å². The number of nitrogens with two attached hydrogens (primary N) is 1. The minimum absolute atomic E-state index is 0.0367. The van der Waals surface area contributed by atoms with Crippen LogP contribution in [0.4, 0.5) is 5.82 Å². The summed E-state index contributed by atoms with van der Waals surface area (Å²) in [6.07, 6.45) is 0.891. The molecule has 0 spiro atoms. The van der Waals surface area contributed by atoms with Crippen LogP contribution in [0.25, 0.3) is 5.69 Å². The maximum Gasteiger partial charge on any atom is 0.210 e. The highest BCUT2D eigenvalue weighted by Crippen LogP contribution is 2.27. The molecule has 2 N–H and O–H groups in total. The monoisotopic (exact) mass is 328 g/mol. The predicted octanol–water partition coefficient (Wildman–Crippen LogP) is 2.28. The molecule has 24 heavy (non-hydrogen) atoms. The van der Waals surface area contributed by atoms with E-state index >= 15 is 0 Å². The molecule has 6 heteroatoms. The largest absolute Gasteiger partial charge is 0.384 e. The van der Waals surface area contributed by atoms with E-state index in [-0.39, 0.29) is 11.5 Å². The van der Waals surface area contributed by atoms with Gasteiger partial charge in [-0.2, -0.15) is 5.10 Å². The van der Waals surface area contributed by atoms with E-state index in [9.17, 15) is 4.79 Å². The molecule has 1 amide bonds. The first-order valence-corrected chi connectivity index (χ1v) is 8.15. The Balaban J connectivity index is 1.87. The minimum atomic E-state index is -0.0524. The van der Waals surface area contributed by atoms with Crippen LogP contribution in [-0.4, -0.2) is 40.8 Å². The number of carbonyl (C=O) groups excluding carboxylic acids is 1. The van der Waals surface area contributed by atoms with Crippen molar-refractivity contribution in [3.63, 3.8) is 0 Å². The fourth-order valence-corrected chi connectivity index (χ4v) is 2.84. The van der Waals surface area contributed by atoms with E-state index in [0.29, 0.717) is 25.6 Å². The van der Waals surface area contributed by atoms with Gasteiger partial charge in [0.05, 0.1) is 30.6 Å². The Bertz CT molecular complexity index is 716. The van der Waals surface area contributed by atoms with Crippen molar-refractivity contribution in [2.24, 2.45) is 0 Å². The topological polar surface area (TPSA) is 73.4 Å². The van der Waals surface area contributed by atoms with Crippen molar-refractivity contribution in [3.8, 4) is 5.69 Å². The number of rotatable bonds is 3. The van der Waals surface area contributed by atoms with Gasteiger partial charge < -0.3 is 15.4 Å². The first-order valence-electron chi connectivity index (χ1n) is 8.15. The molecule has 1 aromatic carbocycles. The predicted molar refractivity (Wildman–Crippen MR) is 93.0 cm³/mol. The van der Waals surface area contributed by atoms with Crippen molar-refractivity contribution < 1.29 is 9.53 Å². The number of nitrogen functional groups attached to an aromatic ring is 1. The van der Waals surface area contributed by atoms with Crippen LogP contribution < -0.4 is 5.73 Å². The molecule has 0 saturated carbocycles. The summed E-state index contributed by atoms with van der Waals surface area (Å²) in [5, 5.41) is 4.62. The first-order chi connectivity index (χ1) is 11.4. The van der Waals surface area contributed by atoms with Gasteiger partial charge in [-0.1, -0.05) is 32.9 Å². The summed E-state index contributed by atoms with van der Waals surface area (Å²) in [6, 6.07) is 9.83. The molecule has 3 rings (SSSR count). The number of hydrogen-bond donors (Lipinski definition) is 1. The zero-order chi connectivity index (χ0) is 17.3. The fourth-order valence-electron chi connectivity index (χ4n) is 2.84. The molecule has 2 heterocycles. The average molecular weight is 328 g/mol.